The minimum atomic E-state index is 0.0411. The average Bonchev–Trinajstić information content (AvgIpc) is 2.14. The Hall–Kier alpha value is -0.770. The van der Waals surface area contributed by atoms with E-state index in [1.54, 1.807) is 29.4 Å². The van der Waals surface area contributed by atoms with Gasteiger partial charge in [0.05, 0.1) is 0 Å². The molecule has 0 bridgehead atoms. The SMILES string of the molecule is CCCc1cc(=O)n(C)c(SCC)n1. The second-order valence-electron chi connectivity index (χ2n) is 3.11. The summed E-state index contributed by atoms with van der Waals surface area (Å²) in [4.78, 5) is 16.0. The summed E-state index contributed by atoms with van der Waals surface area (Å²) in [6.45, 7) is 4.15. The van der Waals surface area contributed by atoms with E-state index in [2.05, 4.69) is 18.8 Å². The van der Waals surface area contributed by atoms with Gasteiger partial charge in [0, 0.05) is 18.8 Å². The zero-order chi connectivity index (χ0) is 10.6. The highest BCUT2D eigenvalue weighted by Gasteiger charge is 2.04. The lowest BCUT2D eigenvalue weighted by Crippen LogP contribution is -2.20. The van der Waals surface area contributed by atoms with Gasteiger partial charge >= 0.3 is 0 Å². The topological polar surface area (TPSA) is 34.9 Å². The molecular weight excluding hydrogens is 196 g/mol. The van der Waals surface area contributed by atoms with Gasteiger partial charge in [-0.3, -0.25) is 9.36 Å². The second-order valence-corrected chi connectivity index (χ2v) is 4.34. The highest BCUT2D eigenvalue weighted by Crippen LogP contribution is 2.12. The molecule has 1 aromatic rings. The van der Waals surface area contributed by atoms with Crippen LogP contribution in [0, 0.1) is 0 Å². The van der Waals surface area contributed by atoms with Gasteiger partial charge in [-0.05, 0) is 12.2 Å². The number of rotatable bonds is 4. The van der Waals surface area contributed by atoms with Crippen molar-refractivity contribution in [1.29, 1.82) is 0 Å². The van der Waals surface area contributed by atoms with Gasteiger partial charge in [0.25, 0.3) is 5.56 Å². The lowest BCUT2D eigenvalue weighted by atomic mass is 10.2. The molecule has 0 saturated heterocycles. The summed E-state index contributed by atoms with van der Waals surface area (Å²) < 4.78 is 1.60. The van der Waals surface area contributed by atoms with Gasteiger partial charge in [0.2, 0.25) is 0 Å². The maximum atomic E-state index is 11.5. The lowest BCUT2D eigenvalue weighted by molar-refractivity contribution is 0.683. The zero-order valence-electron chi connectivity index (χ0n) is 8.91. The predicted molar refractivity (Wildman–Crippen MR) is 59.9 cm³/mol. The summed E-state index contributed by atoms with van der Waals surface area (Å²) in [7, 11) is 1.77. The highest BCUT2D eigenvalue weighted by atomic mass is 32.2. The summed E-state index contributed by atoms with van der Waals surface area (Å²) in [5.41, 5.74) is 0.950. The molecule has 0 aliphatic carbocycles. The third-order valence-electron chi connectivity index (χ3n) is 1.93. The molecule has 0 saturated carbocycles. The molecule has 0 atom stereocenters. The van der Waals surface area contributed by atoms with Crippen molar-refractivity contribution in [3.8, 4) is 0 Å². The number of aromatic nitrogens is 2. The van der Waals surface area contributed by atoms with E-state index >= 15 is 0 Å². The Kier molecular flexibility index (Phi) is 4.20. The Balaban J connectivity index is 3.07. The Morgan fingerprint density at radius 1 is 1.50 bits per heavy atom. The third kappa shape index (κ3) is 2.61. The third-order valence-corrected chi connectivity index (χ3v) is 2.84. The Morgan fingerprint density at radius 2 is 2.21 bits per heavy atom. The van der Waals surface area contributed by atoms with Crippen LogP contribution in [0.5, 0.6) is 0 Å². The fourth-order valence-corrected chi connectivity index (χ4v) is 1.93. The first kappa shape index (κ1) is 11.3. The van der Waals surface area contributed by atoms with Crippen LogP contribution in [0.15, 0.2) is 16.0 Å². The van der Waals surface area contributed by atoms with Crippen LogP contribution in [-0.2, 0) is 13.5 Å². The number of thioether (sulfide) groups is 1. The zero-order valence-corrected chi connectivity index (χ0v) is 9.73. The summed E-state index contributed by atoms with van der Waals surface area (Å²) in [5, 5.41) is 0.823. The fraction of sp³-hybridized carbons (Fsp3) is 0.600. The van der Waals surface area contributed by atoms with Crippen molar-refractivity contribution in [3.05, 3.63) is 22.1 Å². The molecule has 4 heteroatoms. The Bertz CT molecular complexity index is 360. The summed E-state index contributed by atoms with van der Waals surface area (Å²) in [6, 6.07) is 1.63. The van der Waals surface area contributed by atoms with Crippen molar-refractivity contribution in [1.82, 2.24) is 9.55 Å². The second kappa shape index (κ2) is 5.20. The normalized spacial score (nSPS) is 10.5. The molecule has 14 heavy (non-hydrogen) atoms. The van der Waals surface area contributed by atoms with Gasteiger partial charge in [-0.15, -0.1) is 0 Å². The van der Waals surface area contributed by atoms with Crippen LogP contribution in [0.4, 0.5) is 0 Å². The van der Waals surface area contributed by atoms with Gasteiger partial charge in [0.15, 0.2) is 5.16 Å². The standard InChI is InChI=1S/C10H16N2OS/c1-4-6-8-7-9(13)12(3)10(11-8)14-5-2/h7H,4-6H2,1-3H3. The first-order valence-electron chi connectivity index (χ1n) is 4.88. The van der Waals surface area contributed by atoms with Crippen LogP contribution in [0.2, 0.25) is 0 Å². The lowest BCUT2D eigenvalue weighted by Gasteiger charge is -2.06. The maximum Gasteiger partial charge on any atom is 0.254 e. The van der Waals surface area contributed by atoms with E-state index in [9.17, 15) is 4.79 Å². The van der Waals surface area contributed by atoms with E-state index in [0.29, 0.717) is 0 Å². The number of aryl methyl sites for hydroxylation is 1. The van der Waals surface area contributed by atoms with Gasteiger partial charge in [0.1, 0.15) is 0 Å². The highest BCUT2D eigenvalue weighted by molar-refractivity contribution is 7.99. The molecule has 0 amide bonds. The molecule has 78 valence electrons. The first-order valence-corrected chi connectivity index (χ1v) is 5.87. The first-order chi connectivity index (χ1) is 6.69. The van der Waals surface area contributed by atoms with Gasteiger partial charge in [-0.25, -0.2) is 4.98 Å². The molecule has 0 aliphatic rings. The molecule has 1 rings (SSSR count). The van der Waals surface area contributed by atoms with Gasteiger partial charge in [-0.1, -0.05) is 32.0 Å². The minimum Gasteiger partial charge on any atom is -0.291 e. The van der Waals surface area contributed by atoms with E-state index < -0.39 is 0 Å². The molecule has 1 aromatic heterocycles. The largest absolute Gasteiger partial charge is 0.291 e. The minimum absolute atomic E-state index is 0.0411. The van der Waals surface area contributed by atoms with Crippen molar-refractivity contribution >= 4 is 11.8 Å². The molecule has 0 aromatic carbocycles. The monoisotopic (exact) mass is 212 g/mol. The van der Waals surface area contributed by atoms with Crippen LogP contribution in [-0.4, -0.2) is 15.3 Å². The van der Waals surface area contributed by atoms with Crippen molar-refractivity contribution in [2.24, 2.45) is 7.05 Å². The molecule has 0 N–H and O–H groups in total. The molecule has 0 spiro atoms. The van der Waals surface area contributed by atoms with E-state index in [-0.39, 0.29) is 5.56 Å². The van der Waals surface area contributed by atoms with Crippen LogP contribution in [0.25, 0.3) is 0 Å². The van der Waals surface area contributed by atoms with Crippen molar-refractivity contribution in [2.45, 2.75) is 31.8 Å². The van der Waals surface area contributed by atoms with Crippen molar-refractivity contribution < 1.29 is 0 Å². The van der Waals surface area contributed by atoms with Crippen LogP contribution in [0.1, 0.15) is 26.0 Å². The van der Waals surface area contributed by atoms with Gasteiger partial charge in [-0.2, -0.15) is 0 Å². The number of hydrogen-bond donors (Lipinski definition) is 0. The molecule has 0 unspecified atom stereocenters. The molecule has 3 nitrogen and oxygen atoms in total. The predicted octanol–water partition coefficient (Wildman–Crippen LogP) is 1.84. The van der Waals surface area contributed by atoms with Crippen LogP contribution < -0.4 is 5.56 Å². The van der Waals surface area contributed by atoms with E-state index in [0.717, 1.165) is 29.4 Å². The summed E-state index contributed by atoms with van der Waals surface area (Å²) >= 11 is 1.61. The van der Waals surface area contributed by atoms with E-state index in [1.165, 1.54) is 0 Å². The molecule has 0 fully saturated rings. The Labute approximate surface area is 88.6 Å². The average molecular weight is 212 g/mol. The molecule has 1 heterocycles. The summed E-state index contributed by atoms with van der Waals surface area (Å²) in [6.07, 6.45) is 1.91. The van der Waals surface area contributed by atoms with Crippen LogP contribution in [0.3, 0.4) is 0 Å². The van der Waals surface area contributed by atoms with E-state index in [4.69, 9.17) is 0 Å². The Morgan fingerprint density at radius 3 is 2.79 bits per heavy atom. The smallest absolute Gasteiger partial charge is 0.254 e. The fourth-order valence-electron chi connectivity index (χ4n) is 1.21. The van der Waals surface area contributed by atoms with Crippen molar-refractivity contribution in [3.63, 3.8) is 0 Å². The van der Waals surface area contributed by atoms with Crippen molar-refractivity contribution in [2.75, 3.05) is 5.75 Å². The number of nitrogens with zero attached hydrogens (tertiary/aromatic N) is 2. The molecule has 0 aliphatic heterocycles. The van der Waals surface area contributed by atoms with Crippen LogP contribution >= 0.6 is 11.8 Å². The van der Waals surface area contributed by atoms with Gasteiger partial charge < -0.3 is 0 Å². The number of hydrogen-bond acceptors (Lipinski definition) is 3. The quantitative estimate of drug-likeness (QED) is 0.564. The maximum absolute atomic E-state index is 11.5. The molecular formula is C10H16N2OS. The molecule has 0 radical (unpaired) electrons. The summed E-state index contributed by atoms with van der Waals surface area (Å²) in [5.74, 6) is 0.940. The van der Waals surface area contributed by atoms with E-state index in [1.807, 2.05) is 0 Å².